The monoisotopic (exact) mass is 900 g/mol. The lowest BCUT2D eigenvalue weighted by Crippen LogP contribution is -2.27. The maximum absolute atomic E-state index is 13.4. The number of carbonyl (C=O) groups excluding carboxylic acids is 3. The Bertz CT molecular complexity index is 2010. The van der Waals surface area contributed by atoms with Crippen LogP contribution in [0.4, 0.5) is 17.1 Å². The standard InChI is InChI=1S/C54H73N7O5/c1-8-13-24-43(11-4)53(63)65-39-22-18-16-20-36-60(37-21-17-19-23-40-66-54(64)44(12-5)25-14-9-2)47-33-31-46(32-34-47)59-58-45-29-26-42(27-30-45)28-35-48-50(57-7)51(49(41-55)56-6)61(52(48)62)38-15-10-3/h26-35,43-44H,8-25,36-40H2,1-5H3/b35-28+,51-49+,59-58?. The van der Waals surface area contributed by atoms with Crippen LogP contribution in [0, 0.1) is 36.3 Å². The number of anilines is 1. The van der Waals surface area contributed by atoms with E-state index in [-0.39, 0.29) is 52.3 Å². The van der Waals surface area contributed by atoms with Crippen LogP contribution in [0.15, 0.2) is 87.5 Å². The Morgan fingerprint density at radius 3 is 1.67 bits per heavy atom. The summed E-state index contributed by atoms with van der Waals surface area (Å²) < 4.78 is 11.2. The molecule has 0 spiro atoms. The van der Waals surface area contributed by atoms with Gasteiger partial charge in [-0.15, -0.1) is 0 Å². The third kappa shape index (κ3) is 18.1. The fraction of sp³-hybridized carbons (Fsp3) is 0.556. The van der Waals surface area contributed by atoms with Gasteiger partial charge in [-0.3, -0.25) is 14.4 Å². The summed E-state index contributed by atoms with van der Waals surface area (Å²) >= 11 is 0. The van der Waals surface area contributed by atoms with Crippen molar-refractivity contribution in [2.45, 2.75) is 150 Å². The van der Waals surface area contributed by atoms with Gasteiger partial charge in [-0.25, -0.2) is 15.0 Å². The molecule has 1 amide bonds. The molecule has 1 aliphatic rings. The molecule has 2 unspecified atom stereocenters. The van der Waals surface area contributed by atoms with Gasteiger partial charge < -0.3 is 19.3 Å². The summed E-state index contributed by atoms with van der Waals surface area (Å²) in [6, 6.07) is 17.3. The number of amides is 1. The van der Waals surface area contributed by atoms with Gasteiger partial charge in [0.2, 0.25) is 11.6 Å². The molecule has 12 heteroatoms. The minimum atomic E-state index is -0.389. The first-order valence-corrected chi connectivity index (χ1v) is 24.5. The van der Waals surface area contributed by atoms with Gasteiger partial charge in [-0.2, -0.15) is 10.2 Å². The van der Waals surface area contributed by atoms with Crippen LogP contribution in [0.3, 0.4) is 0 Å². The first-order valence-electron chi connectivity index (χ1n) is 24.5. The van der Waals surface area contributed by atoms with Crippen molar-refractivity contribution in [2.75, 3.05) is 37.7 Å². The predicted octanol–water partition coefficient (Wildman–Crippen LogP) is 14.0. The smallest absolute Gasteiger partial charge is 0.308 e. The highest BCUT2D eigenvalue weighted by molar-refractivity contribution is 6.04. The molecule has 0 bridgehead atoms. The van der Waals surface area contributed by atoms with E-state index < -0.39 is 0 Å². The Balaban J connectivity index is 1.61. The number of hydrogen-bond acceptors (Lipinski definition) is 9. The Morgan fingerprint density at radius 1 is 0.712 bits per heavy atom. The Kier molecular flexibility index (Phi) is 26.1. The van der Waals surface area contributed by atoms with E-state index in [9.17, 15) is 19.6 Å². The van der Waals surface area contributed by atoms with Gasteiger partial charge in [0.05, 0.1) is 61.3 Å². The fourth-order valence-corrected chi connectivity index (χ4v) is 7.79. The molecule has 0 radical (unpaired) electrons. The van der Waals surface area contributed by atoms with Crippen molar-refractivity contribution in [3.8, 4) is 6.07 Å². The molecule has 0 aromatic heterocycles. The van der Waals surface area contributed by atoms with Gasteiger partial charge in [0.1, 0.15) is 0 Å². The average Bonchev–Trinajstić information content (AvgIpc) is 3.60. The second kappa shape index (κ2) is 31.8. The molecular formula is C54H73N7O5. The van der Waals surface area contributed by atoms with Crippen LogP contribution in [0.1, 0.15) is 156 Å². The molecular weight excluding hydrogens is 827 g/mol. The highest BCUT2D eigenvalue weighted by Crippen LogP contribution is 2.35. The highest BCUT2D eigenvalue weighted by atomic mass is 16.5. The summed E-state index contributed by atoms with van der Waals surface area (Å²) in [6.45, 7) is 28.7. The number of nitrogens with zero attached hydrogens (tertiary/aromatic N) is 7. The van der Waals surface area contributed by atoms with Crippen LogP contribution in [0.5, 0.6) is 0 Å². The molecule has 12 nitrogen and oxygen atoms in total. The maximum atomic E-state index is 13.4. The lowest BCUT2D eigenvalue weighted by atomic mass is 10.00. The van der Waals surface area contributed by atoms with Crippen molar-refractivity contribution in [1.82, 2.24) is 4.90 Å². The van der Waals surface area contributed by atoms with Crippen molar-refractivity contribution in [3.05, 3.63) is 106 Å². The van der Waals surface area contributed by atoms with Gasteiger partial charge >= 0.3 is 11.9 Å². The summed E-state index contributed by atoms with van der Waals surface area (Å²) in [5.41, 5.74) is 3.28. The van der Waals surface area contributed by atoms with E-state index in [2.05, 4.69) is 64.6 Å². The van der Waals surface area contributed by atoms with Crippen molar-refractivity contribution in [2.24, 2.45) is 22.1 Å². The zero-order chi connectivity index (χ0) is 47.9. The summed E-state index contributed by atoms with van der Waals surface area (Å²) in [4.78, 5) is 49.0. The third-order valence-corrected chi connectivity index (χ3v) is 11.9. The number of esters is 2. The largest absolute Gasteiger partial charge is 0.465 e. The molecule has 0 saturated carbocycles. The van der Waals surface area contributed by atoms with E-state index in [1.165, 1.54) is 4.90 Å². The number of rotatable bonds is 32. The normalized spacial score (nSPS) is 14.3. The average molecular weight is 900 g/mol. The summed E-state index contributed by atoms with van der Waals surface area (Å²) in [7, 11) is 0. The van der Waals surface area contributed by atoms with Gasteiger partial charge in [0.25, 0.3) is 5.70 Å². The van der Waals surface area contributed by atoms with Crippen LogP contribution >= 0.6 is 0 Å². The summed E-state index contributed by atoms with van der Waals surface area (Å²) in [5.74, 6) is -0.469. The zero-order valence-electron chi connectivity index (χ0n) is 40.4. The quantitative estimate of drug-likeness (QED) is 0.0235. The zero-order valence-corrected chi connectivity index (χ0v) is 40.4. The highest BCUT2D eigenvalue weighted by Gasteiger charge is 2.36. The van der Waals surface area contributed by atoms with Crippen molar-refractivity contribution in [3.63, 3.8) is 0 Å². The molecule has 354 valence electrons. The number of unbranched alkanes of at least 4 members (excludes halogenated alkanes) is 9. The van der Waals surface area contributed by atoms with E-state index in [1.54, 1.807) is 12.2 Å². The van der Waals surface area contributed by atoms with Crippen molar-refractivity contribution in [1.29, 1.82) is 5.26 Å². The number of allylic oxidation sites excluding steroid dienone is 1. The predicted molar refractivity (Wildman–Crippen MR) is 263 cm³/mol. The maximum Gasteiger partial charge on any atom is 0.308 e. The van der Waals surface area contributed by atoms with E-state index in [0.717, 1.165) is 139 Å². The molecule has 3 rings (SSSR count). The lowest BCUT2D eigenvalue weighted by Gasteiger charge is -2.25. The topological polar surface area (TPSA) is 133 Å². The van der Waals surface area contributed by atoms with Crippen LogP contribution in [-0.2, 0) is 23.9 Å². The Labute approximate surface area is 395 Å². The molecule has 1 aliphatic heterocycles. The number of nitriles is 1. The minimum Gasteiger partial charge on any atom is -0.465 e. The number of carbonyl (C=O) groups is 3. The molecule has 2 atom stereocenters. The first-order chi connectivity index (χ1) is 32.2. The van der Waals surface area contributed by atoms with Crippen LogP contribution in [-0.4, -0.2) is 55.6 Å². The van der Waals surface area contributed by atoms with Gasteiger partial charge in [-0.1, -0.05) is 104 Å². The van der Waals surface area contributed by atoms with Crippen LogP contribution < -0.4 is 4.90 Å². The second-order valence-corrected chi connectivity index (χ2v) is 16.9. The molecule has 66 heavy (non-hydrogen) atoms. The van der Waals surface area contributed by atoms with Gasteiger partial charge in [0, 0.05) is 30.9 Å². The van der Waals surface area contributed by atoms with Gasteiger partial charge in [0.15, 0.2) is 0 Å². The number of azo groups is 1. The first kappa shape index (κ1) is 54.3. The molecule has 0 N–H and O–H groups in total. The van der Waals surface area contributed by atoms with Crippen LogP contribution in [0.2, 0.25) is 0 Å². The second-order valence-electron chi connectivity index (χ2n) is 16.9. The van der Waals surface area contributed by atoms with E-state index in [4.69, 9.17) is 22.6 Å². The summed E-state index contributed by atoms with van der Waals surface area (Å²) in [5, 5.41) is 18.5. The van der Waals surface area contributed by atoms with Crippen molar-refractivity contribution < 1.29 is 23.9 Å². The molecule has 1 heterocycles. The van der Waals surface area contributed by atoms with Gasteiger partial charge in [-0.05, 0) is 113 Å². The molecule has 0 fully saturated rings. The number of hydrogen-bond donors (Lipinski definition) is 0. The molecule has 2 aromatic carbocycles. The number of ether oxygens (including phenoxy) is 2. The molecule has 2 aromatic rings. The summed E-state index contributed by atoms with van der Waals surface area (Å²) in [6.07, 6.45) is 20.4. The van der Waals surface area contributed by atoms with Crippen LogP contribution in [0.25, 0.3) is 15.8 Å². The third-order valence-electron chi connectivity index (χ3n) is 11.9. The molecule has 0 saturated heterocycles. The van der Waals surface area contributed by atoms with E-state index in [1.807, 2.05) is 49.4 Å². The molecule has 0 aliphatic carbocycles. The lowest BCUT2D eigenvalue weighted by molar-refractivity contribution is -0.150. The van der Waals surface area contributed by atoms with E-state index >= 15 is 0 Å². The Hall–Kier alpha value is -6.06. The van der Waals surface area contributed by atoms with Crippen molar-refractivity contribution >= 4 is 41.0 Å². The SMILES string of the molecule is [C-]#[N+]C1=C(/C=C/c2ccc(N=Nc3ccc(N(CCCCCCOC(=O)C(CC)CCCC)CCCCCCOC(=O)C(CC)CCCC)cc3)cc2)C(=O)N(CCCC)/C1=C(\C#N)[N+]#[C-]. The minimum absolute atomic E-state index is 0.0106. The number of benzene rings is 2. The Morgan fingerprint density at radius 2 is 1.21 bits per heavy atom. The fourth-order valence-electron chi connectivity index (χ4n) is 7.79. The van der Waals surface area contributed by atoms with E-state index in [0.29, 0.717) is 31.9 Å².